The molecular formula is C17H22Cl2N2O4. The second kappa shape index (κ2) is 8.15. The van der Waals surface area contributed by atoms with Crippen LogP contribution in [0.25, 0.3) is 0 Å². The molecule has 2 amide bonds. The highest BCUT2D eigenvalue weighted by molar-refractivity contribution is 6.34. The van der Waals surface area contributed by atoms with Gasteiger partial charge in [0.15, 0.2) is 6.61 Å². The van der Waals surface area contributed by atoms with E-state index in [-0.39, 0.29) is 18.6 Å². The highest BCUT2D eigenvalue weighted by Gasteiger charge is 2.27. The van der Waals surface area contributed by atoms with E-state index in [4.69, 9.17) is 32.7 Å². The number of amides is 2. The van der Waals surface area contributed by atoms with Gasteiger partial charge in [0.05, 0.1) is 0 Å². The summed E-state index contributed by atoms with van der Waals surface area (Å²) in [4.78, 5) is 27.5. The van der Waals surface area contributed by atoms with Gasteiger partial charge in [0.25, 0.3) is 5.91 Å². The molecule has 1 saturated heterocycles. The summed E-state index contributed by atoms with van der Waals surface area (Å²) in [5, 5.41) is 0.891. The molecule has 0 spiro atoms. The largest absolute Gasteiger partial charge is 0.484 e. The predicted molar refractivity (Wildman–Crippen MR) is 96.3 cm³/mol. The molecule has 2 rings (SSSR count). The van der Waals surface area contributed by atoms with Crippen LogP contribution in [0.5, 0.6) is 5.75 Å². The van der Waals surface area contributed by atoms with E-state index < -0.39 is 5.60 Å². The molecule has 0 aromatic heterocycles. The highest BCUT2D eigenvalue weighted by Crippen LogP contribution is 2.24. The Hall–Kier alpha value is -1.66. The fraction of sp³-hybridized carbons (Fsp3) is 0.529. The van der Waals surface area contributed by atoms with Gasteiger partial charge in [-0.15, -0.1) is 0 Å². The summed E-state index contributed by atoms with van der Waals surface area (Å²) in [6.45, 7) is 7.12. The first kappa shape index (κ1) is 19.7. The Morgan fingerprint density at radius 2 is 1.52 bits per heavy atom. The molecule has 0 aliphatic carbocycles. The molecule has 1 fully saturated rings. The lowest BCUT2D eigenvalue weighted by atomic mass is 10.2. The molecule has 1 heterocycles. The van der Waals surface area contributed by atoms with Gasteiger partial charge in [0.2, 0.25) is 0 Å². The maximum atomic E-state index is 12.2. The van der Waals surface area contributed by atoms with E-state index >= 15 is 0 Å². The fourth-order valence-corrected chi connectivity index (χ4v) is 2.82. The summed E-state index contributed by atoms with van der Waals surface area (Å²) < 4.78 is 10.8. The molecule has 0 unspecified atom stereocenters. The number of nitrogens with zero attached hydrogens (tertiary/aromatic N) is 2. The van der Waals surface area contributed by atoms with Gasteiger partial charge in [0.1, 0.15) is 11.4 Å². The van der Waals surface area contributed by atoms with Crippen LogP contribution in [0.15, 0.2) is 18.2 Å². The van der Waals surface area contributed by atoms with Crippen molar-refractivity contribution in [1.82, 2.24) is 9.80 Å². The number of piperazine rings is 1. The zero-order chi connectivity index (χ0) is 18.6. The third-order valence-corrected chi connectivity index (χ3v) is 3.92. The number of ether oxygens (including phenoxy) is 2. The number of halogens is 2. The lowest BCUT2D eigenvalue weighted by Crippen LogP contribution is -2.52. The van der Waals surface area contributed by atoms with Crippen molar-refractivity contribution in [2.45, 2.75) is 26.4 Å². The monoisotopic (exact) mass is 388 g/mol. The molecule has 0 radical (unpaired) electrons. The molecular weight excluding hydrogens is 367 g/mol. The first-order valence-electron chi connectivity index (χ1n) is 7.98. The number of carbonyl (C=O) groups is 2. The Balaban J connectivity index is 1.80. The molecule has 6 nitrogen and oxygen atoms in total. The Bertz CT molecular complexity index is 618. The minimum atomic E-state index is -0.532. The zero-order valence-electron chi connectivity index (χ0n) is 14.6. The van der Waals surface area contributed by atoms with Gasteiger partial charge in [-0.1, -0.05) is 23.2 Å². The Kier molecular flexibility index (Phi) is 6.41. The van der Waals surface area contributed by atoms with Crippen molar-refractivity contribution in [3.63, 3.8) is 0 Å². The van der Waals surface area contributed by atoms with Crippen molar-refractivity contribution in [3.8, 4) is 5.75 Å². The van der Waals surface area contributed by atoms with E-state index in [1.54, 1.807) is 28.0 Å². The molecule has 0 saturated carbocycles. The number of hydrogen-bond donors (Lipinski definition) is 0. The summed E-state index contributed by atoms with van der Waals surface area (Å²) >= 11 is 11.8. The van der Waals surface area contributed by atoms with Crippen molar-refractivity contribution in [2.24, 2.45) is 0 Å². The number of rotatable bonds is 3. The van der Waals surface area contributed by atoms with Gasteiger partial charge < -0.3 is 19.3 Å². The molecule has 138 valence electrons. The molecule has 8 heteroatoms. The number of benzene rings is 1. The average Bonchev–Trinajstić information content (AvgIpc) is 2.50. The third-order valence-electron chi connectivity index (χ3n) is 3.48. The highest BCUT2D eigenvalue weighted by atomic mass is 35.5. The van der Waals surface area contributed by atoms with Crippen LogP contribution in [0.3, 0.4) is 0 Å². The summed E-state index contributed by atoms with van der Waals surface area (Å²) in [5.74, 6) is 0.290. The van der Waals surface area contributed by atoms with E-state index in [0.717, 1.165) is 0 Å². The Labute approximate surface area is 157 Å². The number of carbonyl (C=O) groups excluding carboxylic acids is 2. The maximum absolute atomic E-state index is 12.2. The van der Waals surface area contributed by atoms with Crippen LogP contribution < -0.4 is 4.74 Å². The summed E-state index contributed by atoms with van der Waals surface area (Å²) in [6, 6.07) is 4.79. The van der Waals surface area contributed by atoms with Crippen molar-refractivity contribution >= 4 is 35.2 Å². The van der Waals surface area contributed by atoms with Crippen LogP contribution in [-0.2, 0) is 9.53 Å². The van der Waals surface area contributed by atoms with E-state index in [1.165, 1.54) is 0 Å². The van der Waals surface area contributed by atoms with Gasteiger partial charge in [-0.25, -0.2) is 4.79 Å². The van der Waals surface area contributed by atoms with Crippen LogP contribution in [0.4, 0.5) is 4.79 Å². The first-order valence-corrected chi connectivity index (χ1v) is 8.74. The van der Waals surface area contributed by atoms with E-state index in [1.807, 2.05) is 20.8 Å². The second-order valence-electron chi connectivity index (χ2n) is 6.74. The van der Waals surface area contributed by atoms with Crippen molar-refractivity contribution in [2.75, 3.05) is 32.8 Å². The normalized spacial score (nSPS) is 15.1. The van der Waals surface area contributed by atoms with E-state index in [0.29, 0.717) is 42.0 Å². The summed E-state index contributed by atoms with van der Waals surface area (Å²) in [5.41, 5.74) is -0.532. The minimum absolute atomic E-state index is 0.108. The topological polar surface area (TPSA) is 59.1 Å². The summed E-state index contributed by atoms with van der Waals surface area (Å²) in [6.07, 6.45) is -0.357. The SMILES string of the molecule is CC(C)(C)OC(=O)N1CCN(C(=O)COc2cc(Cl)cc(Cl)c2)CC1. The van der Waals surface area contributed by atoms with Crippen molar-refractivity contribution < 1.29 is 19.1 Å². The van der Waals surface area contributed by atoms with Gasteiger partial charge in [-0.3, -0.25) is 4.79 Å². The second-order valence-corrected chi connectivity index (χ2v) is 7.61. The molecule has 0 atom stereocenters. The maximum Gasteiger partial charge on any atom is 0.410 e. The van der Waals surface area contributed by atoms with Crippen molar-refractivity contribution in [3.05, 3.63) is 28.2 Å². The van der Waals surface area contributed by atoms with E-state index in [9.17, 15) is 9.59 Å². The molecule has 1 aromatic carbocycles. The lowest BCUT2D eigenvalue weighted by molar-refractivity contribution is -0.135. The van der Waals surface area contributed by atoms with Crippen LogP contribution in [-0.4, -0.2) is 60.2 Å². The first-order chi connectivity index (χ1) is 11.6. The van der Waals surface area contributed by atoms with Gasteiger partial charge in [-0.05, 0) is 39.0 Å². The molecule has 0 bridgehead atoms. The van der Waals surface area contributed by atoms with Crippen LogP contribution in [0.1, 0.15) is 20.8 Å². The number of hydrogen-bond acceptors (Lipinski definition) is 4. The molecule has 25 heavy (non-hydrogen) atoms. The Morgan fingerprint density at radius 1 is 1.00 bits per heavy atom. The fourth-order valence-electron chi connectivity index (χ4n) is 2.31. The molecule has 1 aliphatic rings. The molecule has 1 aliphatic heterocycles. The van der Waals surface area contributed by atoms with E-state index in [2.05, 4.69) is 0 Å². The lowest BCUT2D eigenvalue weighted by Gasteiger charge is -2.35. The quantitative estimate of drug-likeness (QED) is 0.795. The third kappa shape index (κ3) is 6.29. The minimum Gasteiger partial charge on any atom is -0.484 e. The van der Waals surface area contributed by atoms with Gasteiger partial charge >= 0.3 is 6.09 Å². The van der Waals surface area contributed by atoms with Gasteiger partial charge in [-0.2, -0.15) is 0 Å². The van der Waals surface area contributed by atoms with Gasteiger partial charge in [0, 0.05) is 36.2 Å². The Morgan fingerprint density at radius 3 is 2.04 bits per heavy atom. The van der Waals surface area contributed by atoms with Crippen molar-refractivity contribution in [1.29, 1.82) is 0 Å². The molecule has 0 N–H and O–H groups in total. The average molecular weight is 389 g/mol. The predicted octanol–water partition coefficient (Wildman–Crippen LogP) is 3.45. The standard InChI is InChI=1S/C17H22Cl2N2O4/c1-17(2,3)25-16(23)21-6-4-20(5-7-21)15(22)11-24-14-9-12(18)8-13(19)10-14/h8-10H,4-7,11H2,1-3H3. The van der Waals surface area contributed by atoms with Crippen LogP contribution in [0.2, 0.25) is 10.0 Å². The zero-order valence-corrected chi connectivity index (χ0v) is 16.1. The smallest absolute Gasteiger partial charge is 0.410 e. The molecule has 1 aromatic rings. The summed E-state index contributed by atoms with van der Waals surface area (Å²) in [7, 11) is 0. The van der Waals surface area contributed by atoms with Crippen LogP contribution >= 0.6 is 23.2 Å². The van der Waals surface area contributed by atoms with Crippen LogP contribution in [0, 0.1) is 0 Å².